The summed E-state index contributed by atoms with van der Waals surface area (Å²) < 4.78 is 23.9. The quantitative estimate of drug-likeness (QED) is 0.854. The van der Waals surface area contributed by atoms with Crippen molar-refractivity contribution in [1.29, 1.82) is 0 Å². The van der Waals surface area contributed by atoms with Crippen molar-refractivity contribution in [2.45, 2.75) is 12.8 Å². The third-order valence-electron chi connectivity index (χ3n) is 3.49. The molecule has 0 bridgehead atoms. The monoisotopic (exact) mass is 317 g/mol. The molecule has 2 rings (SSSR count). The first-order chi connectivity index (χ1) is 11.1. The smallest absolute Gasteiger partial charge is 0.224 e. The maximum Gasteiger partial charge on any atom is 0.224 e. The molecule has 0 saturated heterocycles. The first kappa shape index (κ1) is 16.8. The summed E-state index contributed by atoms with van der Waals surface area (Å²) in [7, 11) is 3.16. The van der Waals surface area contributed by atoms with Gasteiger partial charge < -0.3 is 14.8 Å². The second-order valence-corrected chi connectivity index (χ2v) is 5.06. The zero-order valence-electron chi connectivity index (χ0n) is 13.3. The van der Waals surface area contributed by atoms with Crippen molar-refractivity contribution in [2.24, 2.45) is 0 Å². The van der Waals surface area contributed by atoms with Crippen molar-refractivity contribution in [3.05, 3.63) is 59.4 Å². The minimum atomic E-state index is -0.359. The van der Waals surface area contributed by atoms with Crippen molar-refractivity contribution < 1.29 is 18.7 Å². The van der Waals surface area contributed by atoms with E-state index in [0.29, 0.717) is 30.0 Å². The van der Waals surface area contributed by atoms with Gasteiger partial charge in [-0.2, -0.15) is 0 Å². The zero-order valence-corrected chi connectivity index (χ0v) is 13.3. The third kappa shape index (κ3) is 4.71. The molecule has 0 atom stereocenters. The van der Waals surface area contributed by atoms with Gasteiger partial charge in [-0.05, 0) is 35.7 Å². The Bertz CT molecular complexity index is 673. The summed E-state index contributed by atoms with van der Waals surface area (Å²) in [6.07, 6.45) is 0.696. The highest BCUT2D eigenvalue weighted by atomic mass is 19.1. The molecule has 122 valence electrons. The summed E-state index contributed by atoms with van der Waals surface area (Å²) in [5, 5.41) is 2.80. The lowest BCUT2D eigenvalue weighted by molar-refractivity contribution is -0.120. The van der Waals surface area contributed by atoms with Gasteiger partial charge in [0.15, 0.2) is 11.5 Å². The number of ether oxygens (including phenoxy) is 2. The highest BCUT2D eigenvalue weighted by molar-refractivity contribution is 5.78. The van der Waals surface area contributed by atoms with Crippen LogP contribution < -0.4 is 14.8 Å². The Morgan fingerprint density at radius 1 is 1.09 bits per heavy atom. The Morgan fingerprint density at radius 2 is 1.83 bits per heavy atom. The van der Waals surface area contributed by atoms with Crippen LogP contribution in [0, 0.1) is 5.82 Å². The van der Waals surface area contributed by atoms with Crippen molar-refractivity contribution in [3.8, 4) is 11.5 Å². The molecule has 1 amide bonds. The highest BCUT2D eigenvalue weighted by Crippen LogP contribution is 2.27. The maximum absolute atomic E-state index is 13.5. The number of rotatable bonds is 7. The summed E-state index contributed by atoms with van der Waals surface area (Å²) in [6, 6.07) is 11.9. The number of carbonyl (C=O) groups excluding carboxylic acids is 1. The Kier molecular flexibility index (Phi) is 5.97. The number of carbonyl (C=O) groups is 1. The average Bonchev–Trinajstić information content (AvgIpc) is 2.56. The second-order valence-electron chi connectivity index (χ2n) is 5.06. The number of amides is 1. The van der Waals surface area contributed by atoms with Gasteiger partial charge in [0.05, 0.1) is 20.6 Å². The molecule has 0 aliphatic heterocycles. The summed E-state index contributed by atoms with van der Waals surface area (Å²) in [5.41, 5.74) is 1.42. The summed E-state index contributed by atoms with van der Waals surface area (Å²) in [5.74, 6) is 0.764. The highest BCUT2D eigenvalue weighted by Gasteiger charge is 2.08. The molecule has 2 aromatic rings. The minimum Gasteiger partial charge on any atom is -0.493 e. The van der Waals surface area contributed by atoms with Gasteiger partial charge in [0.25, 0.3) is 0 Å². The molecule has 5 heteroatoms. The van der Waals surface area contributed by atoms with Crippen LogP contribution in [0.2, 0.25) is 0 Å². The lowest BCUT2D eigenvalue weighted by Crippen LogP contribution is -2.27. The normalized spacial score (nSPS) is 10.2. The number of benzene rings is 2. The first-order valence-corrected chi connectivity index (χ1v) is 7.35. The molecular weight excluding hydrogens is 297 g/mol. The van der Waals surface area contributed by atoms with Crippen LogP contribution in [0.5, 0.6) is 11.5 Å². The van der Waals surface area contributed by atoms with E-state index < -0.39 is 0 Å². The number of hydrogen-bond acceptors (Lipinski definition) is 3. The van der Waals surface area contributed by atoms with Crippen LogP contribution in [0.15, 0.2) is 42.5 Å². The predicted molar refractivity (Wildman–Crippen MR) is 86.4 cm³/mol. The van der Waals surface area contributed by atoms with E-state index in [4.69, 9.17) is 9.47 Å². The van der Waals surface area contributed by atoms with Crippen LogP contribution in [0.25, 0.3) is 0 Å². The van der Waals surface area contributed by atoms with Crippen LogP contribution in [0.3, 0.4) is 0 Å². The molecule has 0 aromatic heterocycles. The van der Waals surface area contributed by atoms with Gasteiger partial charge in [-0.1, -0.05) is 24.3 Å². The average molecular weight is 317 g/mol. The molecule has 1 N–H and O–H groups in total. The van der Waals surface area contributed by atoms with Gasteiger partial charge in [-0.3, -0.25) is 4.79 Å². The number of hydrogen-bond donors (Lipinski definition) is 1. The fourth-order valence-electron chi connectivity index (χ4n) is 2.26. The molecule has 0 fully saturated rings. The molecule has 0 unspecified atom stereocenters. The van der Waals surface area contributed by atoms with Crippen molar-refractivity contribution in [2.75, 3.05) is 20.8 Å². The van der Waals surface area contributed by atoms with Crippen LogP contribution in [0.4, 0.5) is 4.39 Å². The molecule has 0 aliphatic carbocycles. The standard InChI is InChI=1S/C18H20FNO3/c1-22-16-8-7-13(11-17(16)23-2)9-10-20-18(21)12-14-5-3-4-6-15(14)19/h3-8,11H,9-10,12H2,1-2H3,(H,20,21). The van der Waals surface area contributed by atoms with Gasteiger partial charge >= 0.3 is 0 Å². The van der Waals surface area contributed by atoms with Crippen LogP contribution in [-0.2, 0) is 17.6 Å². The van der Waals surface area contributed by atoms with Crippen molar-refractivity contribution >= 4 is 5.91 Å². The van der Waals surface area contributed by atoms with E-state index in [1.807, 2.05) is 18.2 Å². The Morgan fingerprint density at radius 3 is 2.52 bits per heavy atom. The van der Waals surface area contributed by atoms with Gasteiger partial charge in [0, 0.05) is 6.54 Å². The summed E-state index contributed by atoms with van der Waals surface area (Å²) in [6.45, 7) is 0.475. The molecule has 0 aliphatic rings. The van der Waals surface area contributed by atoms with Crippen molar-refractivity contribution in [3.63, 3.8) is 0 Å². The van der Waals surface area contributed by atoms with Gasteiger partial charge in [-0.25, -0.2) is 4.39 Å². The van der Waals surface area contributed by atoms with E-state index in [2.05, 4.69) is 5.32 Å². The largest absolute Gasteiger partial charge is 0.493 e. The summed E-state index contributed by atoms with van der Waals surface area (Å²) >= 11 is 0. The second kappa shape index (κ2) is 8.17. The Labute approximate surface area is 135 Å². The minimum absolute atomic E-state index is 0.0403. The van der Waals surface area contributed by atoms with E-state index in [9.17, 15) is 9.18 Å². The van der Waals surface area contributed by atoms with E-state index in [1.165, 1.54) is 6.07 Å². The van der Waals surface area contributed by atoms with E-state index in [0.717, 1.165) is 5.56 Å². The van der Waals surface area contributed by atoms with Gasteiger partial charge in [0.1, 0.15) is 5.82 Å². The Balaban J connectivity index is 1.85. The molecule has 23 heavy (non-hydrogen) atoms. The fraction of sp³-hybridized carbons (Fsp3) is 0.278. The molecular formula is C18H20FNO3. The van der Waals surface area contributed by atoms with E-state index >= 15 is 0 Å². The number of methoxy groups -OCH3 is 2. The molecule has 0 radical (unpaired) electrons. The first-order valence-electron chi connectivity index (χ1n) is 7.35. The van der Waals surface area contributed by atoms with E-state index in [1.54, 1.807) is 32.4 Å². The zero-order chi connectivity index (χ0) is 16.7. The summed E-state index contributed by atoms with van der Waals surface area (Å²) in [4.78, 5) is 11.9. The van der Waals surface area contributed by atoms with E-state index in [-0.39, 0.29) is 18.1 Å². The maximum atomic E-state index is 13.5. The van der Waals surface area contributed by atoms with Gasteiger partial charge in [0.2, 0.25) is 5.91 Å². The Hall–Kier alpha value is -2.56. The number of halogens is 1. The molecule has 0 saturated carbocycles. The van der Waals surface area contributed by atoms with Gasteiger partial charge in [-0.15, -0.1) is 0 Å². The molecule has 0 heterocycles. The topological polar surface area (TPSA) is 47.6 Å². The number of nitrogens with one attached hydrogen (secondary N) is 1. The third-order valence-corrected chi connectivity index (χ3v) is 3.49. The lowest BCUT2D eigenvalue weighted by Gasteiger charge is -2.10. The van der Waals surface area contributed by atoms with Crippen LogP contribution in [0.1, 0.15) is 11.1 Å². The SMILES string of the molecule is COc1ccc(CCNC(=O)Cc2ccccc2F)cc1OC. The van der Waals surface area contributed by atoms with Crippen LogP contribution in [-0.4, -0.2) is 26.7 Å². The molecule has 4 nitrogen and oxygen atoms in total. The van der Waals surface area contributed by atoms with Crippen molar-refractivity contribution in [1.82, 2.24) is 5.32 Å². The lowest BCUT2D eigenvalue weighted by atomic mass is 10.1. The molecule has 0 spiro atoms. The fourth-order valence-corrected chi connectivity index (χ4v) is 2.26. The predicted octanol–water partition coefficient (Wildman–Crippen LogP) is 2.74. The van der Waals surface area contributed by atoms with Crippen LogP contribution >= 0.6 is 0 Å². The molecule has 2 aromatic carbocycles.